The zero-order valence-corrected chi connectivity index (χ0v) is 5.19. The third-order valence-electron chi connectivity index (χ3n) is 0.513. The van der Waals surface area contributed by atoms with Crippen molar-refractivity contribution in [1.82, 2.24) is 5.32 Å². The van der Waals surface area contributed by atoms with Crippen molar-refractivity contribution in [2.75, 3.05) is 0 Å². The van der Waals surface area contributed by atoms with Crippen LogP contribution in [0, 0.1) is 0 Å². The Hall–Kier alpha value is -0.640. The molecule has 1 atom stereocenters. The molecule has 0 saturated carbocycles. The molecule has 3 nitrogen and oxygen atoms in total. The Bertz CT molecular complexity index is 104. The van der Waals surface area contributed by atoms with Gasteiger partial charge in [-0.1, -0.05) is 6.08 Å². The number of carbonyl (C=O) groups excluding carboxylic acids is 1. The predicted octanol–water partition coefficient (Wildman–Crippen LogP) is 0.0966. The van der Waals surface area contributed by atoms with E-state index in [-0.39, 0.29) is 5.37 Å². The molecule has 0 spiro atoms. The standard InChI is InChI=1S/C4H8N2OS/c1-2-3(8)6-4(5)7/h2-3,8H,1H2,(H3,5,6,7). The number of primary amides is 1. The van der Waals surface area contributed by atoms with E-state index in [1.165, 1.54) is 6.08 Å². The first-order valence-corrected chi connectivity index (χ1v) is 2.55. The molecule has 0 aromatic carbocycles. The number of thiol groups is 1. The third-order valence-corrected chi connectivity index (χ3v) is 0.853. The van der Waals surface area contributed by atoms with Gasteiger partial charge in [0.25, 0.3) is 0 Å². The van der Waals surface area contributed by atoms with E-state index in [1.807, 2.05) is 0 Å². The first-order chi connectivity index (χ1) is 3.66. The van der Waals surface area contributed by atoms with Gasteiger partial charge in [-0.3, -0.25) is 0 Å². The van der Waals surface area contributed by atoms with Crippen molar-refractivity contribution in [2.45, 2.75) is 5.37 Å². The second-order valence-corrected chi connectivity index (χ2v) is 1.75. The van der Waals surface area contributed by atoms with Crippen LogP contribution in [0.25, 0.3) is 0 Å². The summed E-state index contributed by atoms with van der Waals surface area (Å²) >= 11 is 3.84. The molecule has 0 aromatic heterocycles. The van der Waals surface area contributed by atoms with Crippen molar-refractivity contribution in [1.29, 1.82) is 0 Å². The Morgan fingerprint density at radius 2 is 2.50 bits per heavy atom. The molecule has 8 heavy (non-hydrogen) atoms. The SMILES string of the molecule is C=CC(S)NC(N)=O. The molecule has 0 rings (SSSR count). The summed E-state index contributed by atoms with van der Waals surface area (Å²) in [5.74, 6) is 0. The number of nitrogens with two attached hydrogens (primary N) is 1. The average Bonchev–Trinajstić information content (AvgIpc) is 1.65. The van der Waals surface area contributed by atoms with Crippen LogP contribution in [0.1, 0.15) is 0 Å². The van der Waals surface area contributed by atoms with Gasteiger partial charge in [-0.15, -0.1) is 6.58 Å². The first-order valence-electron chi connectivity index (χ1n) is 2.03. The normalized spacial score (nSPS) is 12.1. The van der Waals surface area contributed by atoms with Crippen molar-refractivity contribution >= 4 is 18.7 Å². The van der Waals surface area contributed by atoms with Crippen LogP contribution in [-0.2, 0) is 0 Å². The smallest absolute Gasteiger partial charge is 0.313 e. The molecule has 2 amide bonds. The lowest BCUT2D eigenvalue weighted by molar-refractivity contribution is 0.249. The van der Waals surface area contributed by atoms with Crippen LogP contribution in [0.5, 0.6) is 0 Å². The van der Waals surface area contributed by atoms with Crippen LogP contribution in [0.3, 0.4) is 0 Å². The summed E-state index contributed by atoms with van der Waals surface area (Å²) in [6.45, 7) is 3.37. The van der Waals surface area contributed by atoms with Crippen LogP contribution in [-0.4, -0.2) is 11.4 Å². The minimum atomic E-state index is -0.593. The average molecular weight is 132 g/mol. The van der Waals surface area contributed by atoms with Crippen molar-refractivity contribution in [3.63, 3.8) is 0 Å². The quantitative estimate of drug-likeness (QED) is 0.278. The van der Waals surface area contributed by atoms with E-state index in [1.54, 1.807) is 0 Å². The second-order valence-electron chi connectivity index (χ2n) is 1.19. The largest absolute Gasteiger partial charge is 0.352 e. The molecule has 4 heteroatoms. The second kappa shape index (κ2) is 3.37. The molecular formula is C4H8N2OS. The number of hydrogen-bond donors (Lipinski definition) is 3. The number of carbonyl (C=O) groups is 1. The van der Waals surface area contributed by atoms with Crippen molar-refractivity contribution in [3.05, 3.63) is 12.7 Å². The van der Waals surface area contributed by atoms with Gasteiger partial charge < -0.3 is 11.1 Å². The van der Waals surface area contributed by atoms with E-state index in [2.05, 4.69) is 24.5 Å². The van der Waals surface area contributed by atoms with Gasteiger partial charge in [0.15, 0.2) is 0 Å². The number of hydrogen-bond acceptors (Lipinski definition) is 2. The molecule has 0 saturated heterocycles. The van der Waals surface area contributed by atoms with Crippen LogP contribution in [0.15, 0.2) is 12.7 Å². The summed E-state index contributed by atoms with van der Waals surface area (Å²) in [6, 6.07) is -0.593. The topological polar surface area (TPSA) is 55.1 Å². The summed E-state index contributed by atoms with van der Waals surface area (Å²) in [6.07, 6.45) is 1.47. The summed E-state index contributed by atoms with van der Waals surface area (Å²) in [5, 5.41) is 1.94. The fraction of sp³-hybridized carbons (Fsp3) is 0.250. The minimum absolute atomic E-state index is 0.340. The molecular weight excluding hydrogens is 124 g/mol. The molecule has 0 radical (unpaired) electrons. The van der Waals surface area contributed by atoms with Gasteiger partial charge >= 0.3 is 6.03 Å². The Balaban J connectivity index is 3.38. The molecule has 0 aromatic rings. The fourth-order valence-corrected chi connectivity index (χ4v) is 0.332. The first kappa shape index (κ1) is 7.36. The van der Waals surface area contributed by atoms with E-state index in [4.69, 9.17) is 5.73 Å². The van der Waals surface area contributed by atoms with Crippen molar-refractivity contribution in [2.24, 2.45) is 5.73 Å². The highest BCUT2D eigenvalue weighted by Crippen LogP contribution is 1.86. The Morgan fingerprint density at radius 1 is 2.00 bits per heavy atom. The zero-order valence-electron chi connectivity index (χ0n) is 4.29. The van der Waals surface area contributed by atoms with Gasteiger partial charge in [0.1, 0.15) is 0 Å². The minimum Gasteiger partial charge on any atom is -0.352 e. The van der Waals surface area contributed by atoms with E-state index >= 15 is 0 Å². The number of amides is 2. The molecule has 3 N–H and O–H groups in total. The van der Waals surface area contributed by atoms with E-state index in [0.717, 1.165) is 0 Å². The summed E-state index contributed by atoms with van der Waals surface area (Å²) in [7, 11) is 0. The molecule has 46 valence electrons. The molecule has 0 aliphatic carbocycles. The van der Waals surface area contributed by atoms with Gasteiger partial charge in [-0.25, -0.2) is 4.79 Å². The predicted molar refractivity (Wildman–Crippen MR) is 35.7 cm³/mol. The maximum Gasteiger partial charge on any atom is 0.313 e. The fourth-order valence-electron chi connectivity index (χ4n) is 0.205. The van der Waals surface area contributed by atoms with Crippen LogP contribution in [0.2, 0.25) is 0 Å². The van der Waals surface area contributed by atoms with Gasteiger partial charge in [0, 0.05) is 0 Å². The van der Waals surface area contributed by atoms with Crippen LogP contribution < -0.4 is 11.1 Å². The number of nitrogens with one attached hydrogen (secondary N) is 1. The Labute approximate surface area is 53.4 Å². The van der Waals surface area contributed by atoms with Crippen LogP contribution >= 0.6 is 12.6 Å². The van der Waals surface area contributed by atoms with Gasteiger partial charge in [0.2, 0.25) is 0 Å². The number of urea groups is 1. The van der Waals surface area contributed by atoms with Crippen molar-refractivity contribution < 1.29 is 4.79 Å². The molecule has 0 heterocycles. The highest BCUT2D eigenvalue weighted by molar-refractivity contribution is 7.81. The third kappa shape index (κ3) is 3.55. The zero-order chi connectivity index (χ0) is 6.57. The van der Waals surface area contributed by atoms with Crippen LogP contribution in [0.4, 0.5) is 4.79 Å². The van der Waals surface area contributed by atoms with Gasteiger partial charge in [0.05, 0.1) is 5.37 Å². The Morgan fingerprint density at radius 3 is 2.62 bits per heavy atom. The van der Waals surface area contributed by atoms with E-state index < -0.39 is 6.03 Å². The molecule has 0 aliphatic rings. The highest BCUT2D eigenvalue weighted by atomic mass is 32.1. The maximum atomic E-state index is 9.98. The lowest BCUT2D eigenvalue weighted by Crippen LogP contribution is -2.34. The molecule has 0 fully saturated rings. The lowest BCUT2D eigenvalue weighted by Gasteiger charge is -2.02. The molecule has 1 unspecified atom stereocenters. The molecule has 0 aliphatic heterocycles. The van der Waals surface area contributed by atoms with Gasteiger partial charge in [-0.05, 0) is 0 Å². The number of rotatable bonds is 2. The van der Waals surface area contributed by atoms with E-state index in [0.29, 0.717) is 0 Å². The van der Waals surface area contributed by atoms with Gasteiger partial charge in [-0.2, -0.15) is 12.6 Å². The summed E-state index contributed by atoms with van der Waals surface area (Å²) < 4.78 is 0. The summed E-state index contributed by atoms with van der Waals surface area (Å²) in [5.41, 5.74) is 4.72. The van der Waals surface area contributed by atoms with E-state index in [9.17, 15) is 4.79 Å². The molecule has 0 bridgehead atoms. The summed E-state index contributed by atoms with van der Waals surface area (Å²) in [4.78, 5) is 9.98. The Kier molecular flexibility index (Phi) is 3.10. The lowest BCUT2D eigenvalue weighted by atomic mass is 10.6. The maximum absolute atomic E-state index is 9.98. The highest BCUT2D eigenvalue weighted by Gasteiger charge is 1.95. The monoisotopic (exact) mass is 132 g/mol. The van der Waals surface area contributed by atoms with Crippen molar-refractivity contribution in [3.8, 4) is 0 Å².